The lowest BCUT2D eigenvalue weighted by Crippen LogP contribution is -2.30. The van der Waals surface area contributed by atoms with E-state index in [2.05, 4.69) is 13.8 Å². The minimum Gasteiger partial charge on any atom is -0.495 e. The zero-order valence-corrected chi connectivity index (χ0v) is 11.8. The number of carbonyl (C=O) groups is 1. The lowest BCUT2D eigenvalue weighted by atomic mass is 9.95. The maximum Gasteiger partial charge on any atom is 0.256 e. The molecule has 1 atom stereocenters. The Bertz CT molecular complexity index is 471. The molecule has 0 bridgehead atoms. The molecule has 1 aromatic rings. The summed E-state index contributed by atoms with van der Waals surface area (Å²) in [5.41, 5.74) is 6.96. The quantitative estimate of drug-likeness (QED) is 0.851. The van der Waals surface area contributed by atoms with Gasteiger partial charge in [-0.2, -0.15) is 0 Å². The first-order valence-electron chi connectivity index (χ1n) is 6.76. The molecular weight excluding hydrogens is 240 g/mol. The van der Waals surface area contributed by atoms with E-state index in [4.69, 9.17) is 10.5 Å². The number of hydrogen-bond acceptors (Lipinski definition) is 3. The number of ether oxygens (including phenoxy) is 1. The highest BCUT2D eigenvalue weighted by Crippen LogP contribution is 2.29. The van der Waals surface area contributed by atoms with Crippen LogP contribution in [0.15, 0.2) is 18.2 Å². The Morgan fingerprint density at radius 3 is 2.79 bits per heavy atom. The summed E-state index contributed by atoms with van der Waals surface area (Å²) in [4.78, 5) is 14.4. The molecule has 1 aromatic carbocycles. The summed E-state index contributed by atoms with van der Waals surface area (Å²) in [6.07, 6.45) is 1.08. The Morgan fingerprint density at radius 1 is 1.47 bits per heavy atom. The number of hydrogen-bond donors (Lipinski definition) is 1. The first-order chi connectivity index (χ1) is 9.04. The number of nitrogens with zero attached hydrogens (tertiary/aromatic N) is 1. The molecule has 0 radical (unpaired) electrons. The Labute approximate surface area is 114 Å². The van der Waals surface area contributed by atoms with Crippen molar-refractivity contribution < 1.29 is 9.53 Å². The number of carbonyl (C=O) groups excluding carboxylic acids is 1. The Balaban J connectivity index is 2.17. The summed E-state index contributed by atoms with van der Waals surface area (Å²) >= 11 is 0. The highest BCUT2D eigenvalue weighted by Gasteiger charge is 2.29. The summed E-state index contributed by atoms with van der Waals surface area (Å²) in [6, 6.07) is 5.34. The smallest absolute Gasteiger partial charge is 0.256 e. The molecule has 1 aliphatic heterocycles. The average Bonchev–Trinajstić information content (AvgIpc) is 2.88. The summed E-state index contributed by atoms with van der Waals surface area (Å²) in [5, 5.41) is 0. The molecule has 1 aliphatic rings. The molecule has 104 valence electrons. The zero-order valence-electron chi connectivity index (χ0n) is 11.8. The molecule has 1 heterocycles. The molecule has 2 rings (SSSR count). The number of rotatable bonds is 3. The van der Waals surface area contributed by atoms with Crippen LogP contribution in [0.1, 0.15) is 30.6 Å². The molecule has 4 nitrogen and oxygen atoms in total. The van der Waals surface area contributed by atoms with Crippen molar-refractivity contribution >= 4 is 11.6 Å². The normalized spacial score (nSPS) is 18.9. The van der Waals surface area contributed by atoms with E-state index < -0.39 is 0 Å². The lowest BCUT2D eigenvalue weighted by molar-refractivity contribution is 0.0785. The Kier molecular flexibility index (Phi) is 3.98. The van der Waals surface area contributed by atoms with Crippen LogP contribution in [0, 0.1) is 11.8 Å². The number of para-hydroxylation sites is 1. The SMILES string of the molecule is COc1cccc(C(=O)N2CCC(C(C)C)C2)c1N. The van der Waals surface area contributed by atoms with Gasteiger partial charge in [-0.25, -0.2) is 0 Å². The Morgan fingerprint density at radius 2 is 2.21 bits per heavy atom. The maximum absolute atomic E-state index is 12.5. The van der Waals surface area contributed by atoms with Crippen LogP contribution in [0.25, 0.3) is 0 Å². The summed E-state index contributed by atoms with van der Waals surface area (Å²) in [5.74, 6) is 1.78. The highest BCUT2D eigenvalue weighted by atomic mass is 16.5. The van der Waals surface area contributed by atoms with E-state index >= 15 is 0 Å². The van der Waals surface area contributed by atoms with E-state index in [0.29, 0.717) is 28.8 Å². The number of amides is 1. The first kappa shape index (κ1) is 13.7. The molecule has 1 unspecified atom stereocenters. The predicted octanol–water partition coefficient (Wildman–Crippen LogP) is 2.40. The Hall–Kier alpha value is -1.71. The number of anilines is 1. The third-order valence-corrected chi connectivity index (χ3v) is 3.97. The molecule has 0 spiro atoms. The van der Waals surface area contributed by atoms with Gasteiger partial charge in [-0.1, -0.05) is 19.9 Å². The minimum atomic E-state index is 0.0135. The van der Waals surface area contributed by atoms with E-state index in [1.807, 2.05) is 4.90 Å². The molecule has 0 saturated carbocycles. The highest BCUT2D eigenvalue weighted by molar-refractivity contribution is 6.00. The van der Waals surface area contributed by atoms with Crippen LogP contribution in [0.5, 0.6) is 5.75 Å². The monoisotopic (exact) mass is 262 g/mol. The van der Waals surface area contributed by atoms with E-state index in [1.54, 1.807) is 25.3 Å². The molecule has 0 aliphatic carbocycles. The van der Waals surface area contributed by atoms with Crippen molar-refractivity contribution in [2.24, 2.45) is 11.8 Å². The van der Waals surface area contributed by atoms with Crippen LogP contribution in [0.4, 0.5) is 5.69 Å². The fourth-order valence-corrected chi connectivity index (χ4v) is 2.59. The van der Waals surface area contributed by atoms with Gasteiger partial charge in [-0.15, -0.1) is 0 Å². The third kappa shape index (κ3) is 2.67. The van der Waals surface area contributed by atoms with Gasteiger partial charge in [0.1, 0.15) is 5.75 Å². The predicted molar refractivity (Wildman–Crippen MR) is 76.3 cm³/mol. The van der Waals surface area contributed by atoms with Gasteiger partial charge in [0.2, 0.25) is 0 Å². The van der Waals surface area contributed by atoms with Gasteiger partial charge in [0.05, 0.1) is 18.4 Å². The number of likely N-dealkylation sites (tertiary alicyclic amines) is 1. The van der Waals surface area contributed by atoms with Crippen molar-refractivity contribution in [1.82, 2.24) is 4.90 Å². The fourth-order valence-electron chi connectivity index (χ4n) is 2.59. The van der Waals surface area contributed by atoms with Crippen LogP contribution >= 0.6 is 0 Å². The van der Waals surface area contributed by atoms with Gasteiger partial charge in [0.15, 0.2) is 0 Å². The second-order valence-corrected chi connectivity index (χ2v) is 5.47. The molecule has 4 heteroatoms. The van der Waals surface area contributed by atoms with Crippen molar-refractivity contribution in [1.29, 1.82) is 0 Å². The van der Waals surface area contributed by atoms with Crippen molar-refractivity contribution in [2.45, 2.75) is 20.3 Å². The van der Waals surface area contributed by atoms with Crippen molar-refractivity contribution in [3.05, 3.63) is 23.8 Å². The second kappa shape index (κ2) is 5.51. The van der Waals surface area contributed by atoms with Crippen LogP contribution in [0.2, 0.25) is 0 Å². The summed E-state index contributed by atoms with van der Waals surface area (Å²) in [7, 11) is 1.56. The van der Waals surface area contributed by atoms with E-state index in [9.17, 15) is 4.79 Å². The molecule has 19 heavy (non-hydrogen) atoms. The number of methoxy groups -OCH3 is 1. The van der Waals surface area contributed by atoms with E-state index in [1.165, 1.54) is 0 Å². The van der Waals surface area contributed by atoms with Crippen LogP contribution in [0.3, 0.4) is 0 Å². The van der Waals surface area contributed by atoms with Crippen molar-refractivity contribution in [3.63, 3.8) is 0 Å². The largest absolute Gasteiger partial charge is 0.495 e. The third-order valence-electron chi connectivity index (χ3n) is 3.97. The van der Waals surface area contributed by atoms with Crippen molar-refractivity contribution in [2.75, 3.05) is 25.9 Å². The fraction of sp³-hybridized carbons (Fsp3) is 0.533. The number of benzene rings is 1. The average molecular weight is 262 g/mol. The molecule has 2 N–H and O–H groups in total. The lowest BCUT2D eigenvalue weighted by Gasteiger charge is -2.19. The van der Waals surface area contributed by atoms with Gasteiger partial charge >= 0.3 is 0 Å². The van der Waals surface area contributed by atoms with Crippen molar-refractivity contribution in [3.8, 4) is 5.75 Å². The maximum atomic E-state index is 12.5. The molecule has 1 fully saturated rings. The standard InChI is InChI=1S/C15H22N2O2/c1-10(2)11-7-8-17(9-11)15(18)12-5-4-6-13(19-3)14(12)16/h4-6,10-11H,7-9,16H2,1-3H3. The topological polar surface area (TPSA) is 55.6 Å². The van der Waals surface area contributed by atoms with Crippen LogP contribution in [-0.4, -0.2) is 31.0 Å². The minimum absolute atomic E-state index is 0.0135. The van der Waals surface area contributed by atoms with Crippen LogP contribution < -0.4 is 10.5 Å². The van der Waals surface area contributed by atoms with Gasteiger partial charge in [0.25, 0.3) is 5.91 Å². The molecule has 0 aromatic heterocycles. The second-order valence-electron chi connectivity index (χ2n) is 5.47. The van der Waals surface area contributed by atoms with Gasteiger partial charge in [-0.3, -0.25) is 4.79 Å². The molecular formula is C15H22N2O2. The van der Waals surface area contributed by atoms with Crippen LogP contribution in [-0.2, 0) is 0 Å². The van der Waals surface area contributed by atoms with E-state index in [-0.39, 0.29) is 5.91 Å². The number of nitrogens with two attached hydrogens (primary N) is 1. The summed E-state index contributed by atoms with van der Waals surface area (Å²) < 4.78 is 5.16. The first-order valence-corrected chi connectivity index (χ1v) is 6.76. The molecule has 1 amide bonds. The van der Waals surface area contributed by atoms with Gasteiger partial charge in [0, 0.05) is 13.1 Å². The zero-order chi connectivity index (χ0) is 14.0. The van der Waals surface area contributed by atoms with Gasteiger partial charge in [-0.05, 0) is 30.4 Å². The molecule has 1 saturated heterocycles. The number of nitrogen functional groups attached to an aromatic ring is 1. The summed E-state index contributed by atoms with van der Waals surface area (Å²) in [6.45, 7) is 6.06. The van der Waals surface area contributed by atoms with E-state index in [0.717, 1.165) is 19.5 Å². The van der Waals surface area contributed by atoms with Gasteiger partial charge < -0.3 is 15.4 Å².